The summed E-state index contributed by atoms with van der Waals surface area (Å²) in [5, 5.41) is 0.659. The van der Waals surface area contributed by atoms with Crippen molar-refractivity contribution in [1.82, 2.24) is 0 Å². The fourth-order valence-corrected chi connectivity index (χ4v) is 1.89. The van der Waals surface area contributed by atoms with Gasteiger partial charge in [0.2, 0.25) is 0 Å². The van der Waals surface area contributed by atoms with Crippen molar-refractivity contribution >= 4 is 17.1 Å². The van der Waals surface area contributed by atoms with E-state index in [2.05, 4.69) is 21.4 Å². The number of ether oxygens (including phenoxy) is 2. The lowest BCUT2D eigenvalue weighted by Crippen LogP contribution is -2.30. The summed E-state index contributed by atoms with van der Waals surface area (Å²) in [6.45, 7) is 4.00. The summed E-state index contributed by atoms with van der Waals surface area (Å²) >= 11 is 0. The van der Waals surface area contributed by atoms with Crippen LogP contribution >= 0.6 is 9.24 Å². The molecule has 2 nitrogen and oxygen atoms in total. The predicted octanol–water partition coefficient (Wildman–Crippen LogP) is 3.17. The zero-order chi connectivity index (χ0) is 14.7. The summed E-state index contributed by atoms with van der Waals surface area (Å²) < 4.78 is 10.9. The molecule has 0 aliphatic carbocycles. The van der Waals surface area contributed by atoms with Gasteiger partial charge in [-0.2, -0.15) is 0 Å². The van der Waals surface area contributed by atoms with Crippen LogP contribution in [-0.4, -0.2) is 34.3 Å². The van der Waals surface area contributed by atoms with Gasteiger partial charge in [-0.25, -0.2) is 0 Å². The Hall–Kier alpha value is -0.625. The van der Waals surface area contributed by atoms with Crippen molar-refractivity contribution in [2.45, 2.75) is 32.5 Å². The van der Waals surface area contributed by atoms with Crippen LogP contribution in [0.1, 0.15) is 19.4 Å². The van der Waals surface area contributed by atoms with Gasteiger partial charge in [-0.1, -0.05) is 50.3 Å². The van der Waals surface area contributed by atoms with Gasteiger partial charge in [0.25, 0.3) is 0 Å². The van der Waals surface area contributed by atoms with Crippen LogP contribution in [0.5, 0.6) is 0 Å². The average molecular weight is 278 g/mol. The highest BCUT2D eigenvalue weighted by Crippen LogP contribution is 2.14. The van der Waals surface area contributed by atoms with E-state index < -0.39 is 0 Å². The van der Waals surface area contributed by atoms with E-state index in [0.29, 0.717) is 5.21 Å². The van der Waals surface area contributed by atoms with Crippen LogP contribution in [0.15, 0.2) is 41.6 Å². The molecule has 3 atom stereocenters. The SMILES string of the molecule is CC.[B]/C(P)=C\C(OC)[C@H](Cc1ccccc1)OC. The van der Waals surface area contributed by atoms with Crippen LogP contribution in [0, 0.1) is 0 Å². The van der Waals surface area contributed by atoms with E-state index in [9.17, 15) is 0 Å². The molecule has 0 aliphatic rings. The quantitative estimate of drug-likeness (QED) is 0.588. The van der Waals surface area contributed by atoms with Crippen LogP contribution in [0.3, 0.4) is 0 Å². The van der Waals surface area contributed by atoms with Crippen LogP contribution in [0.25, 0.3) is 0 Å². The molecule has 0 aromatic heterocycles. The Labute approximate surface area is 121 Å². The number of hydrogen-bond donors (Lipinski definition) is 0. The summed E-state index contributed by atoms with van der Waals surface area (Å²) in [5.74, 6) is 0. The molecule has 4 heteroatoms. The summed E-state index contributed by atoms with van der Waals surface area (Å²) in [4.78, 5) is 0. The molecule has 2 unspecified atom stereocenters. The van der Waals surface area contributed by atoms with E-state index in [1.54, 1.807) is 14.2 Å². The second-order valence-corrected chi connectivity index (χ2v) is 4.50. The lowest BCUT2D eigenvalue weighted by atomic mass is 10.0. The lowest BCUT2D eigenvalue weighted by Gasteiger charge is -2.23. The van der Waals surface area contributed by atoms with Gasteiger partial charge in [0.1, 0.15) is 14.0 Å². The molecule has 1 aromatic rings. The van der Waals surface area contributed by atoms with E-state index in [1.165, 1.54) is 5.56 Å². The molecule has 0 heterocycles. The molecule has 0 aliphatic heterocycles. The fraction of sp³-hybridized carbons (Fsp3) is 0.467. The van der Waals surface area contributed by atoms with Crippen molar-refractivity contribution in [2.24, 2.45) is 0 Å². The Morgan fingerprint density at radius 3 is 2.21 bits per heavy atom. The van der Waals surface area contributed by atoms with Crippen LogP contribution < -0.4 is 0 Å². The third kappa shape index (κ3) is 7.52. The topological polar surface area (TPSA) is 18.5 Å². The Morgan fingerprint density at radius 1 is 1.21 bits per heavy atom. The van der Waals surface area contributed by atoms with Gasteiger partial charge in [0.05, 0.1) is 6.10 Å². The summed E-state index contributed by atoms with van der Waals surface area (Å²) in [7, 11) is 11.4. The van der Waals surface area contributed by atoms with Gasteiger partial charge in [-0.15, -0.1) is 14.5 Å². The molecular formula is C15H24BO2P. The first-order chi connectivity index (χ1) is 9.17. The third-order valence-corrected chi connectivity index (χ3v) is 2.77. The Balaban J connectivity index is 0.00000154. The van der Waals surface area contributed by atoms with Crippen LogP contribution in [0.4, 0.5) is 0 Å². The summed E-state index contributed by atoms with van der Waals surface area (Å²) in [6.07, 6.45) is 2.46. The van der Waals surface area contributed by atoms with E-state index >= 15 is 0 Å². The normalized spacial score (nSPS) is 14.3. The molecular weight excluding hydrogens is 254 g/mol. The Bertz CT molecular complexity index is 350. The molecule has 0 fully saturated rings. The molecule has 0 spiro atoms. The van der Waals surface area contributed by atoms with Crippen molar-refractivity contribution in [1.29, 1.82) is 0 Å². The number of benzene rings is 1. The number of methoxy groups -OCH3 is 2. The maximum Gasteiger partial charge on any atom is 0.113 e. The minimum absolute atomic E-state index is 0.0403. The second kappa shape index (κ2) is 11.2. The summed E-state index contributed by atoms with van der Waals surface area (Å²) in [6, 6.07) is 10.2. The molecule has 1 rings (SSSR count). The first-order valence-corrected chi connectivity index (χ1v) is 7.07. The fourth-order valence-electron chi connectivity index (χ4n) is 1.70. The van der Waals surface area contributed by atoms with Crippen molar-refractivity contribution in [3.63, 3.8) is 0 Å². The van der Waals surface area contributed by atoms with E-state index in [0.717, 1.165) is 6.42 Å². The number of rotatable bonds is 6. The first kappa shape index (κ1) is 18.4. The van der Waals surface area contributed by atoms with Crippen molar-refractivity contribution in [3.8, 4) is 0 Å². The van der Waals surface area contributed by atoms with Gasteiger partial charge < -0.3 is 9.47 Å². The molecule has 0 bridgehead atoms. The highest BCUT2D eigenvalue weighted by atomic mass is 31.0. The van der Waals surface area contributed by atoms with Crippen LogP contribution in [-0.2, 0) is 15.9 Å². The van der Waals surface area contributed by atoms with E-state index in [4.69, 9.17) is 17.3 Å². The molecule has 104 valence electrons. The average Bonchev–Trinajstić information content (AvgIpc) is 2.45. The van der Waals surface area contributed by atoms with Gasteiger partial charge in [-0.3, -0.25) is 0 Å². The largest absolute Gasteiger partial charge is 0.378 e. The number of hydrogen-bond acceptors (Lipinski definition) is 2. The predicted molar refractivity (Wildman–Crippen MR) is 86.6 cm³/mol. The first-order valence-electron chi connectivity index (χ1n) is 6.49. The van der Waals surface area contributed by atoms with Crippen LogP contribution in [0.2, 0.25) is 0 Å². The molecule has 0 saturated carbocycles. The van der Waals surface area contributed by atoms with E-state index in [-0.39, 0.29) is 12.2 Å². The third-order valence-electron chi connectivity index (χ3n) is 2.58. The molecule has 1 aromatic carbocycles. The lowest BCUT2D eigenvalue weighted by molar-refractivity contribution is -0.0107. The minimum atomic E-state index is -0.141. The monoisotopic (exact) mass is 278 g/mol. The van der Waals surface area contributed by atoms with Crippen molar-refractivity contribution < 1.29 is 9.47 Å². The highest BCUT2D eigenvalue weighted by molar-refractivity contribution is 7.26. The maximum absolute atomic E-state index is 5.64. The minimum Gasteiger partial charge on any atom is -0.378 e. The van der Waals surface area contributed by atoms with Crippen molar-refractivity contribution in [3.05, 3.63) is 47.2 Å². The molecule has 0 saturated heterocycles. The molecule has 2 radical (unpaired) electrons. The zero-order valence-electron chi connectivity index (χ0n) is 12.3. The Morgan fingerprint density at radius 2 is 1.79 bits per heavy atom. The molecule has 0 N–H and O–H groups in total. The van der Waals surface area contributed by atoms with Gasteiger partial charge >= 0.3 is 0 Å². The smallest absolute Gasteiger partial charge is 0.113 e. The summed E-state index contributed by atoms with van der Waals surface area (Å²) in [5.41, 5.74) is 1.22. The van der Waals surface area contributed by atoms with E-state index in [1.807, 2.05) is 38.1 Å². The standard InChI is InChI=1S/C13H18BO2P.C2H6/c1-15-11(12(16-2)9-13(14)17)8-10-6-4-3-5-7-10;1-2/h3-7,9,11-12H,8,17H2,1-2H3;1-2H3/b13-9+;/t11-,12?;/m0./s1. The highest BCUT2D eigenvalue weighted by Gasteiger charge is 2.18. The van der Waals surface area contributed by atoms with Gasteiger partial charge in [0.15, 0.2) is 0 Å². The van der Waals surface area contributed by atoms with Gasteiger partial charge in [-0.05, 0) is 5.56 Å². The van der Waals surface area contributed by atoms with Crippen molar-refractivity contribution in [2.75, 3.05) is 14.2 Å². The maximum atomic E-state index is 5.64. The Kier molecular flexibility index (Phi) is 10.9. The zero-order valence-corrected chi connectivity index (χ0v) is 13.5. The molecule has 19 heavy (non-hydrogen) atoms. The second-order valence-electron chi connectivity index (χ2n) is 3.83. The molecule has 0 amide bonds. The van der Waals surface area contributed by atoms with Gasteiger partial charge in [0, 0.05) is 20.6 Å².